The van der Waals surface area contributed by atoms with Gasteiger partial charge in [-0.15, -0.1) is 0 Å². The molecule has 3 aromatic heterocycles. The lowest BCUT2D eigenvalue weighted by Gasteiger charge is -2.33. The quantitative estimate of drug-likeness (QED) is 0.702. The van der Waals surface area contributed by atoms with Gasteiger partial charge in [-0.3, -0.25) is 4.98 Å². The molecule has 0 bridgehead atoms. The summed E-state index contributed by atoms with van der Waals surface area (Å²) >= 11 is 0. The van der Waals surface area contributed by atoms with Crippen molar-refractivity contribution in [2.45, 2.75) is 18.9 Å². The Morgan fingerprint density at radius 1 is 1.38 bits per heavy atom. The number of carbonyl (C=O) groups excluding carboxylic acids is 1. The second-order valence-electron chi connectivity index (χ2n) is 6.22. The highest BCUT2D eigenvalue weighted by Gasteiger charge is 2.24. The summed E-state index contributed by atoms with van der Waals surface area (Å²) in [4.78, 5) is 25.8. The number of piperidine rings is 1. The van der Waals surface area contributed by atoms with Crippen molar-refractivity contribution in [1.82, 2.24) is 20.3 Å². The Morgan fingerprint density at radius 2 is 2.23 bits per heavy atom. The van der Waals surface area contributed by atoms with Crippen LogP contribution in [0.5, 0.6) is 0 Å². The molecule has 0 radical (unpaired) electrons. The van der Waals surface area contributed by atoms with Crippen molar-refractivity contribution in [1.29, 1.82) is 5.26 Å². The van der Waals surface area contributed by atoms with E-state index < -0.39 is 6.09 Å². The lowest BCUT2D eigenvalue weighted by Crippen LogP contribution is -2.39. The molecule has 0 unspecified atom stereocenters. The summed E-state index contributed by atoms with van der Waals surface area (Å²) in [6, 6.07) is 3.89. The van der Waals surface area contributed by atoms with E-state index in [4.69, 9.17) is 10.00 Å². The maximum atomic E-state index is 11.6. The highest BCUT2D eigenvalue weighted by molar-refractivity contribution is 6.10. The first-order chi connectivity index (χ1) is 12.8. The van der Waals surface area contributed by atoms with E-state index in [2.05, 4.69) is 25.2 Å². The van der Waals surface area contributed by atoms with Crippen LogP contribution in [0, 0.1) is 11.3 Å². The normalized spacial score (nSPS) is 15.1. The SMILES string of the molecule is N#CCNC(=O)OC1CCN(c2cncc3cnc4[nH]ccc4c23)CC1. The van der Waals surface area contributed by atoms with Crippen molar-refractivity contribution < 1.29 is 9.53 Å². The number of anilines is 1. The molecule has 0 atom stereocenters. The highest BCUT2D eigenvalue weighted by atomic mass is 16.6. The third kappa shape index (κ3) is 2.99. The Bertz CT molecular complexity index is 984. The maximum absolute atomic E-state index is 11.6. The first-order valence-corrected chi connectivity index (χ1v) is 8.52. The molecule has 0 aliphatic carbocycles. The Hall–Kier alpha value is -3.34. The predicted molar refractivity (Wildman–Crippen MR) is 96.7 cm³/mol. The molecule has 2 N–H and O–H groups in total. The Kier molecular flexibility index (Phi) is 4.27. The topological polar surface area (TPSA) is 107 Å². The van der Waals surface area contributed by atoms with Crippen molar-refractivity contribution in [3.8, 4) is 6.07 Å². The molecule has 4 rings (SSSR count). The van der Waals surface area contributed by atoms with Crippen molar-refractivity contribution >= 4 is 33.6 Å². The van der Waals surface area contributed by atoms with E-state index in [-0.39, 0.29) is 12.6 Å². The minimum absolute atomic E-state index is 0.0416. The van der Waals surface area contributed by atoms with Gasteiger partial charge in [-0.1, -0.05) is 0 Å². The van der Waals surface area contributed by atoms with Gasteiger partial charge in [0.2, 0.25) is 0 Å². The number of nitrogens with one attached hydrogen (secondary N) is 2. The smallest absolute Gasteiger partial charge is 0.408 e. The van der Waals surface area contributed by atoms with Gasteiger partial charge >= 0.3 is 6.09 Å². The monoisotopic (exact) mass is 350 g/mol. The molecule has 0 aromatic carbocycles. The lowest BCUT2D eigenvalue weighted by molar-refractivity contribution is 0.0841. The van der Waals surface area contributed by atoms with Crippen LogP contribution in [0.4, 0.5) is 10.5 Å². The Balaban J connectivity index is 1.52. The van der Waals surface area contributed by atoms with Crippen LogP contribution in [0.3, 0.4) is 0 Å². The first-order valence-electron chi connectivity index (χ1n) is 8.52. The van der Waals surface area contributed by atoms with Crippen molar-refractivity contribution in [2.24, 2.45) is 0 Å². The van der Waals surface area contributed by atoms with Crippen molar-refractivity contribution in [3.05, 3.63) is 30.9 Å². The van der Waals surface area contributed by atoms with Crippen LogP contribution in [-0.4, -0.2) is 46.8 Å². The third-order valence-electron chi connectivity index (χ3n) is 4.65. The molecule has 1 fully saturated rings. The lowest BCUT2D eigenvalue weighted by atomic mass is 10.0. The predicted octanol–water partition coefficient (Wildman–Crippen LogP) is 2.33. The highest BCUT2D eigenvalue weighted by Crippen LogP contribution is 2.33. The van der Waals surface area contributed by atoms with E-state index in [1.165, 1.54) is 0 Å². The summed E-state index contributed by atoms with van der Waals surface area (Å²) in [5.41, 5.74) is 1.93. The molecule has 8 heteroatoms. The molecule has 4 heterocycles. The fourth-order valence-corrected chi connectivity index (χ4v) is 3.42. The molecular formula is C18H18N6O2. The van der Waals surface area contributed by atoms with Gasteiger partial charge in [-0.25, -0.2) is 9.78 Å². The minimum atomic E-state index is -0.531. The number of pyridine rings is 2. The zero-order chi connectivity index (χ0) is 17.9. The summed E-state index contributed by atoms with van der Waals surface area (Å²) in [6.07, 6.45) is 8.23. The maximum Gasteiger partial charge on any atom is 0.408 e. The molecule has 132 valence electrons. The molecule has 26 heavy (non-hydrogen) atoms. The standard InChI is InChI=1S/C18H18N6O2/c19-4-6-22-18(25)26-13-2-7-24(8-3-13)15-11-20-9-12-10-23-17-14(16(12)15)1-5-21-17/h1,5,9-11,13H,2-3,6-8H2,(H,21,23)(H,22,25). The number of rotatable bonds is 3. The summed E-state index contributed by atoms with van der Waals surface area (Å²) in [6.45, 7) is 1.50. The van der Waals surface area contributed by atoms with E-state index >= 15 is 0 Å². The van der Waals surface area contributed by atoms with Crippen LogP contribution in [0.15, 0.2) is 30.9 Å². The molecule has 0 spiro atoms. The Morgan fingerprint density at radius 3 is 3.04 bits per heavy atom. The second-order valence-corrected chi connectivity index (χ2v) is 6.22. The average molecular weight is 350 g/mol. The molecule has 0 saturated carbocycles. The number of nitrogens with zero attached hydrogens (tertiary/aromatic N) is 4. The number of carbonyl (C=O) groups is 1. The van der Waals surface area contributed by atoms with E-state index in [1.807, 2.05) is 36.9 Å². The number of aromatic amines is 1. The molecule has 1 aliphatic heterocycles. The van der Waals surface area contributed by atoms with Gasteiger partial charge in [0.05, 0.1) is 18.0 Å². The first kappa shape index (κ1) is 16.1. The number of hydrogen-bond acceptors (Lipinski definition) is 6. The molecule has 3 aromatic rings. The number of amides is 1. The van der Waals surface area contributed by atoms with Crippen molar-refractivity contribution in [2.75, 3.05) is 24.5 Å². The van der Waals surface area contributed by atoms with Gasteiger partial charge in [-0.05, 0) is 6.07 Å². The molecule has 8 nitrogen and oxygen atoms in total. The number of H-pyrrole nitrogens is 1. The van der Waals surface area contributed by atoms with E-state index in [0.29, 0.717) is 0 Å². The number of aromatic nitrogens is 3. The molecule has 1 aliphatic rings. The number of alkyl carbamates (subject to hydrolysis) is 1. The second kappa shape index (κ2) is 6.88. The van der Waals surface area contributed by atoms with Gasteiger partial charge in [0, 0.05) is 60.7 Å². The van der Waals surface area contributed by atoms with Gasteiger partial charge in [0.1, 0.15) is 18.3 Å². The fraction of sp³-hybridized carbons (Fsp3) is 0.333. The summed E-state index contributed by atoms with van der Waals surface area (Å²) in [7, 11) is 0. The van der Waals surface area contributed by atoms with E-state index in [9.17, 15) is 4.79 Å². The van der Waals surface area contributed by atoms with E-state index in [1.54, 1.807) is 0 Å². The zero-order valence-corrected chi connectivity index (χ0v) is 14.1. The number of fused-ring (bicyclic) bond motifs is 3. The van der Waals surface area contributed by atoms with Gasteiger partial charge < -0.3 is 19.9 Å². The molecular weight excluding hydrogens is 332 g/mol. The molecule has 1 amide bonds. The van der Waals surface area contributed by atoms with Gasteiger partial charge in [0.15, 0.2) is 0 Å². The van der Waals surface area contributed by atoms with Crippen LogP contribution in [0.1, 0.15) is 12.8 Å². The van der Waals surface area contributed by atoms with Crippen LogP contribution >= 0.6 is 0 Å². The summed E-state index contributed by atoms with van der Waals surface area (Å²) in [5.74, 6) is 0. The average Bonchev–Trinajstić information content (AvgIpc) is 3.15. The van der Waals surface area contributed by atoms with Crippen LogP contribution in [0.25, 0.3) is 21.8 Å². The largest absolute Gasteiger partial charge is 0.446 e. The third-order valence-corrected chi connectivity index (χ3v) is 4.65. The minimum Gasteiger partial charge on any atom is -0.446 e. The van der Waals surface area contributed by atoms with Gasteiger partial charge in [-0.2, -0.15) is 5.26 Å². The van der Waals surface area contributed by atoms with Crippen LogP contribution in [0.2, 0.25) is 0 Å². The number of nitriles is 1. The van der Waals surface area contributed by atoms with Gasteiger partial charge in [0.25, 0.3) is 0 Å². The number of ether oxygens (including phenoxy) is 1. The van der Waals surface area contributed by atoms with Crippen LogP contribution < -0.4 is 10.2 Å². The number of hydrogen-bond donors (Lipinski definition) is 2. The summed E-state index contributed by atoms with van der Waals surface area (Å²) in [5, 5.41) is 14.1. The molecule has 1 saturated heterocycles. The van der Waals surface area contributed by atoms with Crippen LogP contribution in [-0.2, 0) is 4.74 Å². The van der Waals surface area contributed by atoms with E-state index in [0.717, 1.165) is 53.4 Å². The summed E-state index contributed by atoms with van der Waals surface area (Å²) < 4.78 is 5.36. The van der Waals surface area contributed by atoms with Crippen molar-refractivity contribution in [3.63, 3.8) is 0 Å². The fourth-order valence-electron chi connectivity index (χ4n) is 3.42. The zero-order valence-electron chi connectivity index (χ0n) is 14.1. The Labute approximate surface area is 149 Å².